The zero-order chi connectivity index (χ0) is 14.4. The maximum absolute atomic E-state index is 11.6. The summed E-state index contributed by atoms with van der Waals surface area (Å²) in [5, 5.41) is 4.85. The lowest BCUT2D eigenvalue weighted by Crippen LogP contribution is -2.35. The van der Waals surface area contributed by atoms with E-state index in [9.17, 15) is 9.59 Å². The Balaban J connectivity index is 1.85. The number of anilines is 1. The number of aromatic nitrogens is 2. The summed E-state index contributed by atoms with van der Waals surface area (Å²) < 4.78 is 0. The van der Waals surface area contributed by atoms with Gasteiger partial charge in [-0.15, -0.1) is 0 Å². The fourth-order valence-corrected chi connectivity index (χ4v) is 1.49. The number of carbonyl (C=O) groups excluding carboxylic acids is 2. The molecule has 102 valence electrons. The van der Waals surface area contributed by atoms with Crippen LogP contribution in [0.1, 0.15) is 11.1 Å². The first-order valence-electron chi connectivity index (χ1n) is 6.07. The van der Waals surface area contributed by atoms with Crippen LogP contribution in [0.4, 0.5) is 5.95 Å². The molecule has 1 aromatic heterocycles. The third-order valence-corrected chi connectivity index (χ3v) is 2.57. The number of hydrogen-bond acceptors (Lipinski definition) is 4. The van der Waals surface area contributed by atoms with E-state index in [1.807, 2.05) is 31.2 Å². The number of benzene rings is 1. The van der Waals surface area contributed by atoms with Gasteiger partial charge in [-0.2, -0.15) is 0 Å². The lowest BCUT2D eigenvalue weighted by atomic mass is 10.1. The van der Waals surface area contributed by atoms with Gasteiger partial charge in [0.05, 0.1) is 0 Å². The molecule has 2 aromatic rings. The number of carbonyl (C=O) groups is 2. The molecule has 2 amide bonds. The van der Waals surface area contributed by atoms with Gasteiger partial charge in [0.2, 0.25) is 5.95 Å². The van der Waals surface area contributed by atoms with Crippen LogP contribution in [0.2, 0.25) is 0 Å². The van der Waals surface area contributed by atoms with Gasteiger partial charge in [0.25, 0.3) is 0 Å². The van der Waals surface area contributed by atoms with Gasteiger partial charge in [0.15, 0.2) is 0 Å². The Bertz CT molecular complexity index is 596. The monoisotopic (exact) mass is 270 g/mol. The van der Waals surface area contributed by atoms with Crippen LogP contribution in [0.5, 0.6) is 0 Å². The molecule has 6 nitrogen and oxygen atoms in total. The molecule has 2 rings (SSSR count). The van der Waals surface area contributed by atoms with E-state index in [-0.39, 0.29) is 5.95 Å². The first kappa shape index (κ1) is 13.7. The predicted octanol–water partition coefficient (Wildman–Crippen LogP) is 1.04. The number of rotatable bonds is 3. The van der Waals surface area contributed by atoms with Crippen LogP contribution in [0.15, 0.2) is 42.7 Å². The molecule has 0 fully saturated rings. The van der Waals surface area contributed by atoms with Gasteiger partial charge in [0.1, 0.15) is 0 Å². The highest BCUT2D eigenvalue weighted by Crippen LogP contribution is 2.02. The van der Waals surface area contributed by atoms with Crippen LogP contribution >= 0.6 is 0 Å². The molecule has 0 bridgehead atoms. The van der Waals surface area contributed by atoms with Crippen molar-refractivity contribution in [1.29, 1.82) is 0 Å². The topological polar surface area (TPSA) is 84.0 Å². The number of amides is 2. The molecular formula is C14H14N4O2. The Morgan fingerprint density at radius 3 is 2.35 bits per heavy atom. The maximum atomic E-state index is 11.6. The summed E-state index contributed by atoms with van der Waals surface area (Å²) in [6.45, 7) is 2.28. The average molecular weight is 270 g/mol. The third-order valence-electron chi connectivity index (χ3n) is 2.57. The number of hydrogen-bond donors (Lipinski definition) is 2. The zero-order valence-electron chi connectivity index (χ0n) is 11.0. The number of nitrogens with one attached hydrogen (secondary N) is 2. The van der Waals surface area contributed by atoms with Crippen molar-refractivity contribution in [3.8, 4) is 0 Å². The van der Waals surface area contributed by atoms with Crippen LogP contribution in [0.25, 0.3) is 0 Å². The molecule has 6 heteroatoms. The van der Waals surface area contributed by atoms with Crippen molar-refractivity contribution >= 4 is 17.8 Å². The molecule has 0 saturated carbocycles. The van der Waals surface area contributed by atoms with Crippen molar-refractivity contribution in [3.63, 3.8) is 0 Å². The molecule has 1 heterocycles. The molecule has 2 N–H and O–H groups in total. The normalized spacial score (nSPS) is 9.85. The Morgan fingerprint density at radius 1 is 1.05 bits per heavy atom. The zero-order valence-corrected chi connectivity index (χ0v) is 11.0. The van der Waals surface area contributed by atoms with E-state index in [0.29, 0.717) is 6.54 Å². The van der Waals surface area contributed by atoms with Gasteiger partial charge in [-0.25, -0.2) is 9.97 Å². The maximum Gasteiger partial charge on any atom is 0.316 e. The lowest BCUT2D eigenvalue weighted by molar-refractivity contribution is -0.136. The Kier molecular flexibility index (Phi) is 4.39. The molecule has 0 unspecified atom stereocenters. The minimum absolute atomic E-state index is 0.1000. The largest absolute Gasteiger partial charge is 0.344 e. The van der Waals surface area contributed by atoms with Crippen molar-refractivity contribution in [1.82, 2.24) is 15.3 Å². The SMILES string of the molecule is Cc1ccc(CNC(=O)C(=O)Nc2ncccn2)cc1. The van der Waals surface area contributed by atoms with E-state index in [1.165, 1.54) is 12.4 Å². The van der Waals surface area contributed by atoms with Crippen LogP contribution in [-0.2, 0) is 16.1 Å². The van der Waals surface area contributed by atoms with E-state index < -0.39 is 11.8 Å². The second-order valence-corrected chi connectivity index (χ2v) is 4.19. The third kappa shape index (κ3) is 3.88. The van der Waals surface area contributed by atoms with Gasteiger partial charge in [0, 0.05) is 18.9 Å². The highest BCUT2D eigenvalue weighted by Gasteiger charge is 2.14. The molecule has 0 aliphatic carbocycles. The standard InChI is InChI=1S/C14H14N4O2/c1-10-3-5-11(6-4-10)9-17-12(19)13(20)18-14-15-7-2-8-16-14/h2-8H,9H2,1H3,(H,17,19)(H,15,16,18,20). The molecule has 0 aliphatic heterocycles. The van der Waals surface area contributed by atoms with Crippen molar-refractivity contribution in [2.45, 2.75) is 13.5 Å². The fraction of sp³-hybridized carbons (Fsp3) is 0.143. The lowest BCUT2D eigenvalue weighted by Gasteiger charge is -2.05. The van der Waals surface area contributed by atoms with Gasteiger partial charge in [-0.3, -0.25) is 14.9 Å². The smallest absolute Gasteiger partial charge is 0.316 e. The predicted molar refractivity (Wildman–Crippen MR) is 73.7 cm³/mol. The second-order valence-electron chi connectivity index (χ2n) is 4.19. The average Bonchev–Trinajstić information content (AvgIpc) is 2.47. The Labute approximate surface area is 116 Å². The molecule has 20 heavy (non-hydrogen) atoms. The van der Waals surface area contributed by atoms with Crippen molar-refractivity contribution in [3.05, 3.63) is 53.9 Å². The summed E-state index contributed by atoms with van der Waals surface area (Å²) in [4.78, 5) is 30.8. The highest BCUT2D eigenvalue weighted by molar-refractivity contribution is 6.39. The van der Waals surface area contributed by atoms with E-state index in [2.05, 4.69) is 20.6 Å². The van der Waals surface area contributed by atoms with Crippen molar-refractivity contribution in [2.24, 2.45) is 0 Å². The number of aryl methyl sites for hydroxylation is 1. The first-order chi connectivity index (χ1) is 9.65. The summed E-state index contributed by atoms with van der Waals surface area (Å²) >= 11 is 0. The summed E-state index contributed by atoms with van der Waals surface area (Å²) in [5.74, 6) is -1.41. The van der Waals surface area contributed by atoms with E-state index in [1.54, 1.807) is 6.07 Å². The van der Waals surface area contributed by atoms with E-state index in [0.717, 1.165) is 11.1 Å². The van der Waals surface area contributed by atoms with E-state index >= 15 is 0 Å². The molecular weight excluding hydrogens is 256 g/mol. The number of nitrogens with zero attached hydrogens (tertiary/aromatic N) is 2. The van der Waals surface area contributed by atoms with E-state index in [4.69, 9.17) is 0 Å². The summed E-state index contributed by atoms with van der Waals surface area (Å²) in [7, 11) is 0. The fourth-order valence-electron chi connectivity index (χ4n) is 1.49. The molecule has 1 aromatic carbocycles. The molecule has 0 saturated heterocycles. The van der Waals surface area contributed by atoms with Crippen molar-refractivity contribution in [2.75, 3.05) is 5.32 Å². The van der Waals surface area contributed by atoms with Crippen molar-refractivity contribution < 1.29 is 9.59 Å². The summed E-state index contributed by atoms with van der Waals surface area (Å²) in [6, 6.07) is 9.30. The highest BCUT2D eigenvalue weighted by atomic mass is 16.2. The first-order valence-corrected chi connectivity index (χ1v) is 6.07. The van der Waals surface area contributed by atoms with Gasteiger partial charge < -0.3 is 5.32 Å². The van der Waals surface area contributed by atoms with Crippen LogP contribution < -0.4 is 10.6 Å². The van der Waals surface area contributed by atoms with Gasteiger partial charge >= 0.3 is 11.8 Å². The van der Waals surface area contributed by atoms with Crippen LogP contribution in [-0.4, -0.2) is 21.8 Å². The van der Waals surface area contributed by atoms with Gasteiger partial charge in [-0.05, 0) is 18.6 Å². The molecule has 0 spiro atoms. The Hall–Kier alpha value is -2.76. The van der Waals surface area contributed by atoms with Crippen LogP contribution in [0.3, 0.4) is 0 Å². The minimum Gasteiger partial charge on any atom is -0.344 e. The Morgan fingerprint density at radius 2 is 1.70 bits per heavy atom. The minimum atomic E-state index is -0.789. The summed E-state index contributed by atoms with van der Waals surface area (Å²) in [5.41, 5.74) is 2.06. The summed E-state index contributed by atoms with van der Waals surface area (Å²) in [6.07, 6.45) is 2.96. The van der Waals surface area contributed by atoms with Gasteiger partial charge in [-0.1, -0.05) is 29.8 Å². The van der Waals surface area contributed by atoms with Crippen LogP contribution in [0, 0.1) is 6.92 Å². The second kappa shape index (κ2) is 6.42. The quantitative estimate of drug-likeness (QED) is 0.816. The molecule has 0 radical (unpaired) electrons. The molecule has 0 aliphatic rings. The molecule has 0 atom stereocenters.